The van der Waals surface area contributed by atoms with Gasteiger partial charge >= 0.3 is 0 Å². The Morgan fingerprint density at radius 1 is 1.28 bits per heavy atom. The van der Waals surface area contributed by atoms with Gasteiger partial charge in [-0.15, -0.1) is 0 Å². The van der Waals surface area contributed by atoms with Crippen LogP contribution in [0.4, 0.5) is 0 Å². The van der Waals surface area contributed by atoms with Crippen molar-refractivity contribution in [2.75, 3.05) is 13.7 Å². The second-order valence-electron chi connectivity index (χ2n) is 4.60. The molecule has 0 saturated carbocycles. The third-order valence-electron chi connectivity index (χ3n) is 3.14. The van der Waals surface area contributed by atoms with E-state index in [2.05, 4.69) is 47.2 Å². The number of ether oxygens (including phenoxy) is 1. The third-order valence-corrected chi connectivity index (χ3v) is 3.82. The Balaban J connectivity index is 2.46. The largest absolute Gasteiger partial charge is 0.494 e. The van der Waals surface area contributed by atoms with Crippen LogP contribution < -0.4 is 10.1 Å². The smallest absolute Gasteiger partial charge is 0.120 e. The Labute approximate surface area is 119 Å². The van der Waals surface area contributed by atoms with Crippen LogP contribution in [0, 0.1) is 0 Å². The molecule has 1 aromatic rings. The number of hydrogen-bond acceptors (Lipinski definition) is 2. The molecular weight excluding hydrogens is 290 g/mol. The quantitative estimate of drug-likeness (QED) is 0.703. The molecule has 0 aliphatic rings. The minimum absolute atomic E-state index is 0.345. The number of unbranched alkanes of at least 4 members (excludes halogenated alkanes) is 3. The van der Waals surface area contributed by atoms with E-state index in [9.17, 15) is 0 Å². The molecule has 0 bridgehead atoms. The van der Waals surface area contributed by atoms with Crippen molar-refractivity contribution in [3.8, 4) is 5.75 Å². The second-order valence-corrected chi connectivity index (χ2v) is 5.46. The van der Waals surface area contributed by atoms with Crippen LogP contribution in [-0.2, 0) is 0 Å². The molecule has 1 aromatic carbocycles. The van der Waals surface area contributed by atoms with Gasteiger partial charge in [-0.1, -0.05) is 48.2 Å². The zero-order valence-electron chi connectivity index (χ0n) is 11.6. The summed E-state index contributed by atoms with van der Waals surface area (Å²) in [5, 5.41) is 3.24. The van der Waals surface area contributed by atoms with E-state index >= 15 is 0 Å². The number of nitrogens with one attached hydrogen (secondary N) is 1. The van der Waals surface area contributed by atoms with Gasteiger partial charge < -0.3 is 10.1 Å². The summed E-state index contributed by atoms with van der Waals surface area (Å²) < 4.78 is 6.86. The topological polar surface area (TPSA) is 21.3 Å². The fraction of sp³-hybridized carbons (Fsp3) is 0.600. The van der Waals surface area contributed by atoms with Gasteiger partial charge in [-0.3, -0.25) is 0 Å². The predicted molar refractivity (Wildman–Crippen MR) is 81.3 cm³/mol. The Morgan fingerprint density at radius 2 is 2.06 bits per heavy atom. The minimum atomic E-state index is 0.345. The van der Waals surface area contributed by atoms with Crippen LogP contribution in [-0.4, -0.2) is 13.7 Å². The molecule has 0 aliphatic heterocycles. The first-order chi connectivity index (χ1) is 8.69. The molecule has 0 amide bonds. The molecule has 0 saturated heterocycles. The van der Waals surface area contributed by atoms with Crippen molar-refractivity contribution in [3.63, 3.8) is 0 Å². The zero-order valence-corrected chi connectivity index (χ0v) is 13.2. The molecule has 3 heteroatoms. The van der Waals surface area contributed by atoms with Crippen molar-refractivity contribution in [3.05, 3.63) is 28.2 Å². The van der Waals surface area contributed by atoms with E-state index in [0.717, 1.165) is 23.2 Å². The highest BCUT2D eigenvalue weighted by atomic mass is 79.9. The van der Waals surface area contributed by atoms with Crippen LogP contribution in [0.5, 0.6) is 5.75 Å². The maximum Gasteiger partial charge on any atom is 0.120 e. The normalized spacial score (nSPS) is 12.4. The summed E-state index contributed by atoms with van der Waals surface area (Å²) >= 11 is 3.60. The highest BCUT2D eigenvalue weighted by Crippen LogP contribution is 2.27. The molecular formula is C15H24BrNO. The van der Waals surface area contributed by atoms with E-state index in [1.165, 1.54) is 24.8 Å². The summed E-state index contributed by atoms with van der Waals surface area (Å²) in [6.45, 7) is 5.18. The molecule has 18 heavy (non-hydrogen) atoms. The molecule has 0 spiro atoms. The molecule has 1 N–H and O–H groups in total. The first kappa shape index (κ1) is 15.5. The van der Waals surface area contributed by atoms with Gasteiger partial charge in [-0.25, -0.2) is 0 Å². The standard InChI is InChI=1S/C15H24BrNO/c1-4-5-6-7-10-18-13-8-9-14(12(2)17-3)15(16)11-13/h8-9,11-12,17H,4-7,10H2,1-3H3. The van der Waals surface area contributed by atoms with Gasteiger partial charge in [0.1, 0.15) is 5.75 Å². The van der Waals surface area contributed by atoms with E-state index in [1.54, 1.807) is 0 Å². The van der Waals surface area contributed by atoms with Gasteiger partial charge in [0.05, 0.1) is 6.61 Å². The molecule has 1 atom stereocenters. The lowest BCUT2D eigenvalue weighted by molar-refractivity contribution is 0.304. The molecule has 0 aromatic heterocycles. The van der Waals surface area contributed by atoms with Crippen LogP contribution in [0.3, 0.4) is 0 Å². The lowest BCUT2D eigenvalue weighted by Gasteiger charge is -2.14. The Kier molecular flexibility index (Phi) is 7.36. The second kappa shape index (κ2) is 8.54. The van der Waals surface area contributed by atoms with Gasteiger partial charge in [-0.05, 0) is 38.1 Å². The maximum absolute atomic E-state index is 5.75. The van der Waals surface area contributed by atoms with Gasteiger partial charge in [0, 0.05) is 10.5 Å². The Bertz CT molecular complexity index is 354. The third kappa shape index (κ3) is 4.99. The SMILES string of the molecule is CCCCCCOc1ccc(C(C)NC)c(Br)c1. The molecule has 0 fully saturated rings. The van der Waals surface area contributed by atoms with Gasteiger partial charge in [-0.2, -0.15) is 0 Å². The van der Waals surface area contributed by atoms with Crippen molar-refractivity contribution in [1.82, 2.24) is 5.32 Å². The summed E-state index contributed by atoms with van der Waals surface area (Å²) in [7, 11) is 1.97. The molecule has 0 heterocycles. The van der Waals surface area contributed by atoms with E-state index < -0.39 is 0 Å². The highest BCUT2D eigenvalue weighted by molar-refractivity contribution is 9.10. The number of benzene rings is 1. The Hall–Kier alpha value is -0.540. The van der Waals surface area contributed by atoms with Gasteiger partial charge in [0.25, 0.3) is 0 Å². The molecule has 1 unspecified atom stereocenters. The molecule has 0 radical (unpaired) electrons. The number of hydrogen-bond donors (Lipinski definition) is 1. The van der Waals surface area contributed by atoms with Crippen LogP contribution >= 0.6 is 15.9 Å². The lowest BCUT2D eigenvalue weighted by Crippen LogP contribution is -2.12. The first-order valence-corrected chi connectivity index (χ1v) is 7.57. The van der Waals surface area contributed by atoms with E-state index in [-0.39, 0.29) is 0 Å². The number of rotatable bonds is 8. The molecule has 102 valence electrons. The van der Waals surface area contributed by atoms with E-state index in [4.69, 9.17) is 4.74 Å². The van der Waals surface area contributed by atoms with Crippen molar-refractivity contribution in [2.45, 2.75) is 45.6 Å². The van der Waals surface area contributed by atoms with Crippen LogP contribution in [0.15, 0.2) is 22.7 Å². The summed E-state index contributed by atoms with van der Waals surface area (Å²) in [4.78, 5) is 0. The fourth-order valence-corrected chi connectivity index (χ4v) is 2.52. The average Bonchev–Trinajstić information content (AvgIpc) is 2.38. The van der Waals surface area contributed by atoms with Crippen molar-refractivity contribution in [2.24, 2.45) is 0 Å². The lowest BCUT2D eigenvalue weighted by atomic mass is 10.1. The summed E-state index contributed by atoms with van der Waals surface area (Å²) in [6.07, 6.45) is 4.96. The predicted octanol–water partition coefficient (Wildman–Crippen LogP) is 4.69. The summed E-state index contributed by atoms with van der Waals surface area (Å²) in [6, 6.07) is 6.57. The van der Waals surface area contributed by atoms with E-state index in [0.29, 0.717) is 6.04 Å². The van der Waals surface area contributed by atoms with Crippen molar-refractivity contribution in [1.29, 1.82) is 0 Å². The summed E-state index contributed by atoms with van der Waals surface area (Å²) in [5.74, 6) is 0.949. The van der Waals surface area contributed by atoms with Crippen LogP contribution in [0.1, 0.15) is 51.1 Å². The Morgan fingerprint density at radius 3 is 2.67 bits per heavy atom. The van der Waals surface area contributed by atoms with Gasteiger partial charge in [0.2, 0.25) is 0 Å². The van der Waals surface area contributed by atoms with Gasteiger partial charge in [0.15, 0.2) is 0 Å². The number of halogens is 1. The highest BCUT2D eigenvalue weighted by Gasteiger charge is 2.08. The minimum Gasteiger partial charge on any atom is -0.494 e. The van der Waals surface area contributed by atoms with Crippen molar-refractivity contribution >= 4 is 15.9 Å². The first-order valence-electron chi connectivity index (χ1n) is 6.78. The molecule has 0 aliphatic carbocycles. The zero-order chi connectivity index (χ0) is 13.4. The van der Waals surface area contributed by atoms with E-state index in [1.807, 2.05) is 13.1 Å². The fourth-order valence-electron chi connectivity index (χ4n) is 1.82. The van der Waals surface area contributed by atoms with Crippen molar-refractivity contribution < 1.29 is 4.74 Å². The molecule has 2 nitrogen and oxygen atoms in total. The van der Waals surface area contributed by atoms with Crippen LogP contribution in [0.25, 0.3) is 0 Å². The summed E-state index contributed by atoms with van der Waals surface area (Å²) in [5.41, 5.74) is 1.26. The maximum atomic E-state index is 5.75. The average molecular weight is 314 g/mol. The van der Waals surface area contributed by atoms with Crippen LogP contribution in [0.2, 0.25) is 0 Å². The monoisotopic (exact) mass is 313 g/mol. The molecule has 1 rings (SSSR count).